The van der Waals surface area contributed by atoms with Crippen molar-refractivity contribution in [3.05, 3.63) is 0 Å². The van der Waals surface area contributed by atoms with E-state index < -0.39 is 16.9 Å². The summed E-state index contributed by atoms with van der Waals surface area (Å²) in [6.45, 7) is 6.27. The van der Waals surface area contributed by atoms with Crippen molar-refractivity contribution in [1.29, 1.82) is 0 Å². The molecule has 0 atom stereocenters. The topological polar surface area (TPSA) is 74.7 Å². The van der Waals surface area contributed by atoms with Gasteiger partial charge in [0.05, 0.1) is 11.0 Å². The van der Waals surface area contributed by atoms with E-state index in [0.717, 1.165) is 4.90 Å². The summed E-state index contributed by atoms with van der Waals surface area (Å²) in [5, 5.41) is 9.16. The van der Waals surface area contributed by atoms with Crippen molar-refractivity contribution in [3.63, 3.8) is 0 Å². The van der Waals surface area contributed by atoms with Crippen LogP contribution in [0, 0.1) is 5.41 Å². The van der Waals surface area contributed by atoms with Crippen LogP contribution in [0.25, 0.3) is 0 Å². The standard InChI is InChI=1S/C11H17NO4/c1-10(2,9(15)16)11(3,4)12-7(13)5-6-8(12)14/h5-6H2,1-4H3,(H,15,16). The van der Waals surface area contributed by atoms with Gasteiger partial charge in [0.2, 0.25) is 11.8 Å². The molecule has 0 spiro atoms. The van der Waals surface area contributed by atoms with E-state index in [1.54, 1.807) is 13.8 Å². The van der Waals surface area contributed by atoms with Crippen molar-refractivity contribution < 1.29 is 19.5 Å². The van der Waals surface area contributed by atoms with Gasteiger partial charge in [-0.1, -0.05) is 0 Å². The van der Waals surface area contributed by atoms with Crippen LogP contribution >= 0.6 is 0 Å². The molecule has 0 aromatic carbocycles. The number of amides is 2. The van der Waals surface area contributed by atoms with E-state index in [0.29, 0.717) is 0 Å². The predicted molar refractivity (Wildman–Crippen MR) is 56.6 cm³/mol. The normalized spacial score (nSPS) is 18.1. The number of carbonyl (C=O) groups excluding carboxylic acids is 2. The number of hydrogen-bond donors (Lipinski definition) is 1. The molecule has 1 saturated heterocycles. The largest absolute Gasteiger partial charge is 0.481 e. The molecular weight excluding hydrogens is 210 g/mol. The predicted octanol–water partition coefficient (Wildman–Crippen LogP) is 1.02. The number of imide groups is 1. The minimum Gasteiger partial charge on any atom is -0.481 e. The van der Waals surface area contributed by atoms with E-state index in [9.17, 15) is 14.4 Å². The van der Waals surface area contributed by atoms with Gasteiger partial charge in [-0.15, -0.1) is 0 Å². The first kappa shape index (κ1) is 12.7. The molecule has 1 rings (SSSR count). The van der Waals surface area contributed by atoms with Gasteiger partial charge in [0.25, 0.3) is 0 Å². The maximum absolute atomic E-state index is 11.6. The first-order valence-corrected chi connectivity index (χ1v) is 5.21. The van der Waals surface area contributed by atoms with Crippen LogP contribution in [-0.4, -0.2) is 33.3 Å². The maximum atomic E-state index is 11.6. The number of carboxylic acid groups (broad SMARTS) is 1. The van der Waals surface area contributed by atoms with Crippen LogP contribution in [0.2, 0.25) is 0 Å². The number of rotatable bonds is 3. The van der Waals surface area contributed by atoms with E-state index in [4.69, 9.17) is 5.11 Å². The number of carboxylic acids is 1. The Labute approximate surface area is 94.4 Å². The molecule has 0 bridgehead atoms. The van der Waals surface area contributed by atoms with Gasteiger partial charge in [-0.05, 0) is 27.7 Å². The van der Waals surface area contributed by atoms with Crippen molar-refractivity contribution in [1.82, 2.24) is 4.90 Å². The fourth-order valence-electron chi connectivity index (χ4n) is 1.74. The van der Waals surface area contributed by atoms with E-state index in [2.05, 4.69) is 0 Å². The molecule has 5 nitrogen and oxygen atoms in total. The van der Waals surface area contributed by atoms with Crippen molar-refractivity contribution in [2.24, 2.45) is 5.41 Å². The van der Waals surface area contributed by atoms with Crippen LogP contribution in [-0.2, 0) is 14.4 Å². The molecule has 5 heteroatoms. The summed E-state index contributed by atoms with van der Waals surface area (Å²) >= 11 is 0. The molecule has 1 aliphatic heterocycles. The van der Waals surface area contributed by atoms with Crippen molar-refractivity contribution in [3.8, 4) is 0 Å². The maximum Gasteiger partial charge on any atom is 0.311 e. The van der Waals surface area contributed by atoms with Gasteiger partial charge in [0.1, 0.15) is 0 Å². The first-order valence-electron chi connectivity index (χ1n) is 5.21. The van der Waals surface area contributed by atoms with E-state index in [1.807, 2.05) is 0 Å². The van der Waals surface area contributed by atoms with Crippen LogP contribution in [0.1, 0.15) is 40.5 Å². The summed E-state index contributed by atoms with van der Waals surface area (Å²) in [4.78, 5) is 35.5. The molecule has 0 unspecified atom stereocenters. The average molecular weight is 227 g/mol. The first-order chi connectivity index (χ1) is 7.12. The molecule has 16 heavy (non-hydrogen) atoms. The molecule has 1 N–H and O–H groups in total. The summed E-state index contributed by atoms with van der Waals surface area (Å²) in [6.07, 6.45) is 0.357. The van der Waals surface area contributed by atoms with Gasteiger partial charge in [-0.3, -0.25) is 19.3 Å². The SMILES string of the molecule is CC(C)(C(=O)O)C(C)(C)N1C(=O)CCC1=O. The molecule has 0 aliphatic carbocycles. The summed E-state index contributed by atoms with van der Waals surface area (Å²) in [5.41, 5.74) is -2.20. The highest BCUT2D eigenvalue weighted by molar-refractivity contribution is 6.03. The number of hydrogen-bond acceptors (Lipinski definition) is 3. The second kappa shape index (κ2) is 3.57. The lowest BCUT2D eigenvalue weighted by Gasteiger charge is -2.43. The Hall–Kier alpha value is -1.39. The highest BCUT2D eigenvalue weighted by atomic mass is 16.4. The Bertz CT molecular complexity index is 341. The van der Waals surface area contributed by atoms with Crippen LogP contribution in [0.3, 0.4) is 0 Å². The summed E-state index contributed by atoms with van der Waals surface area (Å²) in [7, 11) is 0. The fraction of sp³-hybridized carbons (Fsp3) is 0.727. The Morgan fingerprint density at radius 1 is 1.12 bits per heavy atom. The van der Waals surface area contributed by atoms with Gasteiger partial charge in [-0.25, -0.2) is 0 Å². The summed E-state index contributed by atoms with van der Waals surface area (Å²) in [6, 6.07) is 0. The molecule has 0 saturated carbocycles. The molecule has 1 aliphatic rings. The molecule has 1 fully saturated rings. The second-order valence-electron chi connectivity index (χ2n) is 5.11. The molecule has 0 radical (unpaired) electrons. The minimum atomic E-state index is -1.18. The van der Waals surface area contributed by atoms with Crippen molar-refractivity contribution in [2.75, 3.05) is 0 Å². The quantitative estimate of drug-likeness (QED) is 0.730. The number of likely N-dealkylation sites (tertiary alicyclic amines) is 1. The lowest BCUT2D eigenvalue weighted by atomic mass is 9.73. The van der Waals surface area contributed by atoms with Gasteiger partial charge < -0.3 is 5.11 Å². The molecular formula is C11H17NO4. The highest BCUT2D eigenvalue weighted by Gasteiger charge is 2.52. The van der Waals surface area contributed by atoms with Crippen LogP contribution in [0.15, 0.2) is 0 Å². The summed E-state index contributed by atoms with van der Waals surface area (Å²) < 4.78 is 0. The van der Waals surface area contributed by atoms with Gasteiger partial charge in [0, 0.05) is 12.8 Å². The second-order valence-corrected chi connectivity index (χ2v) is 5.11. The van der Waals surface area contributed by atoms with Crippen LogP contribution < -0.4 is 0 Å². The van der Waals surface area contributed by atoms with Crippen molar-refractivity contribution in [2.45, 2.75) is 46.1 Å². The lowest BCUT2D eigenvalue weighted by Crippen LogP contribution is -2.58. The monoisotopic (exact) mass is 227 g/mol. The third-order valence-corrected chi connectivity index (χ3v) is 3.67. The molecule has 0 aromatic heterocycles. The van der Waals surface area contributed by atoms with Gasteiger partial charge in [0.15, 0.2) is 0 Å². The van der Waals surface area contributed by atoms with E-state index in [-0.39, 0.29) is 24.7 Å². The molecule has 0 aromatic rings. The number of carbonyl (C=O) groups is 3. The van der Waals surface area contributed by atoms with Crippen molar-refractivity contribution >= 4 is 17.8 Å². The number of aliphatic carboxylic acids is 1. The Kier molecular flexibility index (Phi) is 2.83. The summed E-state index contributed by atoms with van der Waals surface area (Å²) in [5.74, 6) is -1.60. The zero-order chi connectivity index (χ0) is 12.7. The third kappa shape index (κ3) is 1.60. The molecule has 90 valence electrons. The third-order valence-electron chi connectivity index (χ3n) is 3.67. The highest BCUT2D eigenvalue weighted by Crippen LogP contribution is 2.38. The van der Waals surface area contributed by atoms with Crippen LogP contribution in [0.4, 0.5) is 0 Å². The smallest absolute Gasteiger partial charge is 0.311 e. The van der Waals surface area contributed by atoms with Gasteiger partial charge in [-0.2, -0.15) is 0 Å². The Balaban J connectivity index is 3.15. The molecule has 2 amide bonds. The van der Waals surface area contributed by atoms with E-state index >= 15 is 0 Å². The van der Waals surface area contributed by atoms with Crippen LogP contribution in [0.5, 0.6) is 0 Å². The Morgan fingerprint density at radius 3 is 1.81 bits per heavy atom. The number of nitrogens with zero attached hydrogens (tertiary/aromatic N) is 1. The Morgan fingerprint density at radius 2 is 1.50 bits per heavy atom. The minimum absolute atomic E-state index is 0.179. The lowest BCUT2D eigenvalue weighted by molar-refractivity contribution is -0.162. The molecule has 1 heterocycles. The fourth-order valence-corrected chi connectivity index (χ4v) is 1.74. The average Bonchev–Trinajstić information content (AvgIpc) is 2.45. The van der Waals surface area contributed by atoms with E-state index in [1.165, 1.54) is 13.8 Å². The van der Waals surface area contributed by atoms with Gasteiger partial charge >= 0.3 is 5.97 Å². The zero-order valence-electron chi connectivity index (χ0n) is 10.0. The zero-order valence-corrected chi connectivity index (χ0v) is 10.0.